The SMILES string of the molecule is N#CCOc1ccc(Br)cc1/C=C1\SC(=Nc2ccc(C(=O)O)cc2)NC1=O. The Morgan fingerprint density at radius 1 is 1.32 bits per heavy atom. The van der Waals surface area contributed by atoms with Crippen LogP contribution in [0, 0.1) is 11.3 Å². The summed E-state index contributed by atoms with van der Waals surface area (Å²) >= 11 is 4.53. The number of hydrogen-bond donors (Lipinski definition) is 2. The third-order valence-corrected chi connectivity index (χ3v) is 4.95. The predicted octanol–water partition coefficient (Wildman–Crippen LogP) is 3.94. The topological polar surface area (TPSA) is 112 Å². The number of carbonyl (C=O) groups excluding carboxylic acids is 1. The molecule has 140 valence electrons. The number of nitriles is 1. The number of carboxylic acid groups (broad SMARTS) is 1. The van der Waals surface area contributed by atoms with Crippen LogP contribution in [0.25, 0.3) is 6.08 Å². The number of rotatable bonds is 5. The number of benzene rings is 2. The molecule has 0 atom stereocenters. The minimum atomic E-state index is -1.02. The van der Waals surface area contributed by atoms with Crippen LogP contribution < -0.4 is 10.1 Å². The Hall–Kier alpha value is -3.09. The second kappa shape index (κ2) is 8.73. The molecule has 0 aromatic heterocycles. The Balaban J connectivity index is 1.84. The van der Waals surface area contributed by atoms with Gasteiger partial charge >= 0.3 is 5.97 Å². The van der Waals surface area contributed by atoms with Gasteiger partial charge in [-0.2, -0.15) is 5.26 Å². The van der Waals surface area contributed by atoms with Crippen LogP contribution in [0.4, 0.5) is 5.69 Å². The zero-order valence-electron chi connectivity index (χ0n) is 14.2. The summed E-state index contributed by atoms with van der Waals surface area (Å²) in [6.07, 6.45) is 1.66. The molecule has 0 unspecified atom stereocenters. The zero-order valence-corrected chi connectivity index (χ0v) is 16.6. The minimum Gasteiger partial charge on any atom is -0.478 e. The molecule has 0 radical (unpaired) electrons. The predicted molar refractivity (Wildman–Crippen MR) is 109 cm³/mol. The van der Waals surface area contributed by atoms with Crippen molar-refractivity contribution in [3.63, 3.8) is 0 Å². The van der Waals surface area contributed by atoms with Gasteiger partial charge < -0.3 is 15.2 Å². The molecule has 1 heterocycles. The van der Waals surface area contributed by atoms with Gasteiger partial charge in [-0.15, -0.1) is 0 Å². The average molecular weight is 458 g/mol. The molecule has 7 nitrogen and oxygen atoms in total. The van der Waals surface area contributed by atoms with Crippen molar-refractivity contribution in [1.82, 2.24) is 5.32 Å². The largest absolute Gasteiger partial charge is 0.478 e. The molecule has 1 aliphatic rings. The Labute approximate surface area is 172 Å². The fraction of sp³-hybridized carbons (Fsp3) is 0.0526. The maximum atomic E-state index is 12.3. The van der Waals surface area contributed by atoms with E-state index in [9.17, 15) is 9.59 Å². The molecular weight excluding hydrogens is 446 g/mol. The van der Waals surface area contributed by atoms with Crippen LogP contribution in [0.1, 0.15) is 15.9 Å². The first-order valence-electron chi connectivity index (χ1n) is 7.88. The average Bonchev–Trinajstić information content (AvgIpc) is 3.00. The lowest BCUT2D eigenvalue weighted by molar-refractivity contribution is -0.115. The summed E-state index contributed by atoms with van der Waals surface area (Å²) in [7, 11) is 0. The van der Waals surface area contributed by atoms with Crippen molar-refractivity contribution in [2.45, 2.75) is 0 Å². The molecule has 0 bridgehead atoms. The number of nitrogens with zero attached hydrogens (tertiary/aromatic N) is 2. The maximum absolute atomic E-state index is 12.3. The second-order valence-corrected chi connectivity index (χ2v) is 7.41. The maximum Gasteiger partial charge on any atom is 0.335 e. The van der Waals surface area contributed by atoms with Gasteiger partial charge in [-0.05, 0) is 60.3 Å². The van der Waals surface area contributed by atoms with Crippen molar-refractivity contribution in [2.24, 2.45) is 4.99 Å². The molecule has 0 spiro atoms. The summed E-state index contributed by atoms with van der Waals surface area (Å²) in [6, 6.07) is 13.2. The van der Waals surface area contributed by atoms with Crippen molar-refractivity contribution in [3.8, 4) is 11.8 Å². The van der Waals surface area contributed by atoms with Gasteiger partial charge in [-0.25, -0.2) is 9.79 Å². The fourth-order valence-electron chi connectivity index (χ4n) is 2.29. The van der Waals surface area contributed by atoms with Crippen molar-refractivity contribution >= 4 is 56.5 Å². The van der Waals surface area contributed by atoms with Crippen molar-refractivity contribution in [3.05, 3.63) is 63.0 Å². The summed E-state index contributed by atoms with van der Waals surface area (Å²) in [4.78, 5) is 27.9. The normalized spacial score (nSPS) is 16.1. The van der Waals surface area contributed by atoms with Crippen LogP contribution in [0.2, 0.25) is 0 Å². The highest BCUT2D eigenvalue weighted by Crippen LogP contribution is 2.32. The van der Waals surface area contributed by atoms with Crippen LogP contribution in [0.3, 0.4) is 0 Å². The van der Waals surface area contributed by atoms with E-state index in [2.05, 4.69) is 26.2 Å². The van der Waals surface area contributed by atoms with Gasteiger partial charge in [0.25, 0.3) is 5.91 Å². The summed E-state index contributed by atoms with van der Waals surface area (Å²) in [5.74, 6) is -0.839. The lowest BCUT2D eigenvalue weighted by Gasteiger charge is -2.07. The molecule has 2 aromatic rings. The first-order valence-corrected chi connectivity index (χ1v) is 9.49. The van der Waals surface area contributed by atoms with Crippen LogP contribution in [-0.4, -0.2) is 28.8 Å². The highest BCUT2D eigenvalue weighted by Gasteiger charge is 2.24. The Morgan fingerprint density at radius 3 is 2.75 bits per heavy atom. The molecule has 1 aliphatic heterocycles. The monoisotopic (exact) mass is 457 g/mol. The first-order chi connectivity index (χ1) is 13.5. The van der Waals surface area contributed by atoms with Crippen LogP contribution in [0.15, 0.2) is 56.8 Å². The number of aromatic carboxylic acids is 1. The highest BCUT2D eigenvalue weighted by atomic mass is 79.9. The van der Waals surface area contributed by atoms with E-state index in [4.69, 9.17) is 15.1 Å². The van der Waals surface area contributed by atoms with Gasteiger partial charge in [0.05, 0.1) is 16.2 Å². The molecular formula is C19H12BrN3O4S. The van der Waals surface area contributed by atoms with Gasteiger partial charge in [-0.3, -0.25) is 4.79 Å². The number of hydrogen-bond acceptors (Lipinski definition) is 6. The smallest absolute Gasteiger partial charge is 0.335 e. The molecule has 3 rings (SSSR count). The van der Waals surface area contributed by atoms with Crippen LogP contribution in [0.5, 0.6) is 5.75 Å². The molecule has 2 aromatic carbocycles. The third kappa shape index (κ3) is 4.79. The summed E-state index contributed by atoms with van der Waals surface area (Å²) in [5, 5.41) is 20.7. The standard InChI is InChI=1S/C19H12BrN3O4S/c20-13-3-6-15(27-8-7-21)12(9-13)10-16-17(24)23-19(28-16)22-14-4-1-11(2-5-14)18(25)26/h1-6,9-10H,8H2,(H,25,26)(H,22,23,24)/b16-10-. The van der Waals surface area contributed by atoms with Crippen LogP contribution in [-0.2, 0) is 4.79 Å². The molecule has 1 saturated heterocycles. The van der Waals surface area contributed by atoms with Crippen molar-refractivity contribution in [2.75, 3.05) is 6.61 Å². The summed E-state index contributed by atoms with van der Waals surface area (Å²) < 4.78 is 6.20. The minimum absolute atomic E-state index is 0.101. The first kappa shape index (κ1) is 19.7. The van der Waals surface area contributed by atoms with E-state index < -0.39 is 5.97 Å². The number of aliphatic imine (C=N–C) groups is 1. The molecule has 1 amide bonds. The summed E-state index contributed by atoms with van der Waals surface area (Å²) in [5.41, 5.74) is 1.33. The van der Waals surface area contributed by atoms with E-state index >= 15 is 0 Å². The lowest BCUT2D eigenvalue weighted by atomic mass is 10.2. The van der Waals surface area contributed by atoms with E-state index in [1.165, 1.54) is 12.1 Å². The van der Waals surface area contributed by atoms with Crippen LogP contribution >= 0.6 is 27.7 Å². The van der Waals surface area contributed by atoms with Gasteiger partial charge in [0.1, 0.15) is 11.8 Å². The quantitative estimate of drug-likeness (QED) is 0.657. The lowest BCUT2D eigenvalue weighted by Crippen LogP contribution is -2.19. The molecule has 28 heavy (non-hydrogen) atoms. The summed E-state index contributed by atoms with van der Waals surface area (Å²) in [6.45, 7) is -0.101. The number of nitrogens with one attached hydrogen (secondary N) is 1. The van der Waals surface area contributed by atoms with Gasteiger partial charge in [0.2, 0.25) is 0 Å². The van der Waals surface area contributed by atoms with Crippen molar-refractivity contribution < 1.29 is 19.4 Å². The Kier molecular flexibility index (Phi) is 6.13. The number of carbonyl (C=O) groups is 2. The van der Waals surface area contributed by atoms with Gasteiger partial charge in [0, 0.05) is 10.0 Å². The molecule has 0 aliphatic carbocycles. The number of ether oxygens (including phenoxy) is 1. The van der Waals surface area contributed by atoms with E-state index in [-0.39, 0.29) is 18.1 Å². The van der Waals surface area contributed by atoms with Crippen molar-refractivity contribution in [1.29, 1.82) is 5.26 Å². The van der Waals surface area contributed by atoms with E-state index in [1.807, 2.05) is 6.07 Å². The Bertz CT molecular complexity index is 1040. The number of thioether (sulfide) groups is 1. The third-order valence-electron chi connectivity index (χ3n) is 3.55. The molecule has 0 saturated carbocycles. The number of amidine groups is 1. The molecule has 1 fully saturated rings. The van der Waals surface area contributed by atoms with E-state index in [0.29, 0.717) is 27.1 Å². The van der Waals surface area contributed by atoms with Gasteiger partial charge in [-0.1, -0.05) is 15.9 Å². The molecule has 9 heteroatoms. The van der Waals surface area contributed by atoms with Gasteiger partial charge in [0.15, 0.2) is 11.8 Å². The number of carboxylic acids is 1. The number of amides is 1. The number of halogens is 1. The Morgan fingerprint density at radius 2 is 2.07 bits per heavy atom. The second-order valence-electron chi connectivity index (χ2n) is 5.46. The van der Waals surface area contributed by atoms with E-state index in [1.54, 1.807) is 36.4 Å². The highest BCUT2D eigenvalue weighted by molar-refractivity contribution is 9.10. The van der Waals surface area contributed by atoms with E-state index in [0.717, 1.165) is 16.2 Å². The molecule has 2 N–H and O–H groups in total. The fourth-order valence-corrected chi connectivity index (χ4v) is 3.50. The zero-order chi connectivity index (χ0) is 20.1.